The molecule has 0 saturated heterocycles. The Morgan fingerprint density at radius 1 is 1.53 bits per heavy atom. The van der Waals surface area contributed by atoms with Crippen LogP contribution in [-0.4, -0.2) is 28.6 Å². The van der Waals surface area contributed by atoms with Gasteiger partial charge in [0.25, 0.3) is 0 Å². The molecular formula is C13H19FN2O2S. The molecule has 0 aliphatic heterocycles. The fourth-order valence-electron chi connectivity index (χ4n) is 1.32. The Bertz CT molecular complexity index is 443. The molecule has 0 heterocycles. The van der Waals surface area contributed by atoms with Crippen molar-refractivity contribution in [2.75, 3.05) is 23.4 Å². The Hall–Kier alpha value is -1.27. The van der Waals surface area contributed by atoms with Gasteiger partial charge in [0.05, 0.1) is 16.6 Å². The smallest absolute Gasteiger partial charge is 0.237 e. The van der Waals surface area contributed by atoms with Gasteiger partial charge in [0, 0.05) is 6.61 Å². The molecule has 0 saturated carbocycles. The normalized spacial score (nSPS) is 13.9. The molecule has 6 heteroatoms. The van der Waals surface area contributed by atoms with Gasteiger partial charge in [0.2, 0.25) is 5.91 Å². The Morgan fingerprint density at radius 3 is 2.79 bits per heavy atom. The number of hydrogen-bond acceptors (Lipinski definition) is 4. The van der Waals surface area contributed by atoms with Gasteiger partial charge in [-0.05, 0) is 36.8 Å². The summed E-state index contributed by atoms with van der Waals surface area (Å²) in [6.07, 6.45) is 0. The van der Waals surface area contributed by atoms with Gasteiger partial charge in [0.15, 0.2) is 0 Å². The molecule has 0 radical (unpaired) electrons. The van der Waals surface area contributed by atoms with Gasteiger partial charge in [-0.3, -0.25) is 4.79 Å². The maximum Gasteiger partial charge on any atom is 0.237 e. The molecule has 2 atom stereocenters. The van der Waals surface area contributed by atoms with Crippen LogP contribution in [0, 0.1) is 11.7 Å². The predicted molar refractivity (Wildman–Crippen MR) is 77.6 cm³/mol. The predicted octanol–water partition coefficient (Wildman–Crippen LogP) is 2.10. The first kappa shape index (κ1) is 15.8. The Kier molecular flexibility index (Phi) is 6.11. The molecule has 0 fully saturated rings. The van der Waals surface area contributed by atoms with Crippen LogP contribution in [0.3, 0.4) is 0 Å². The summed E-state index contributed by atoms with van der Waals surface area (Å²) < 4.78 is 12.9. The van der Waals surface area contributed by atoms with Gasteiger partial charge in [-0.2, -0.15) is 0 Å². The van der Waals surface area contributed by atoms with Crippen LogP contribution in [-0.2, 0) is 4.79 Å². The van der Waals surface area contributed by atoms with E-state index in [4.69, 9.17) is 10.8 Å². The fraction of sp³-hybridized carbons (Fsp3) is 0.462. The molecule has 19 heavy (non-hydrogen) atoms. The lowest BCUT2D eigenvalue weighted by Crippen LogP contribution is -2.24. The van der Waals surface area contributed by atoms with Crippen LogP contribution in [0.4, 0.5) is 15.8 Å². The van der Waals surface area contributed by atoms with Gasteiger partial charge in [-0.25, -0.2) is 4.39 Å². The van der Waals surface area contributed by atoms with E-state index in [1.807, 2.05) is 6.92 Å². The Balaban J connectivity index is 2.54. The average molecular weight is 286 g/mol. The van der Waals surface area contributed by atoms with Gasteiger partial charge in [-0.15, -0.1) is 11.8 Å². The number of thioether (sulfide) groups is 1. The van der Waals surface area contributed by atoms with Crippen molar-refractivity contribution in [1.29, 1.82) is 0 Å². The number of amides is 1. The minimum absolute atomic E-state index is 0.103. The Labute approximate surface area is 116 Å². The van der Waals surface area contributed by atoms with Crippen molar-refractivity contribution in [1.82, 2.24) is 0 Å². The molecular weight excluding hydrogens is 267 g/mol. The second kappa shape index (κ2) is 7.35. The summed E-state index contributed by atoms with van der Waals surface area (Å²) in [5, 5.41) is 11.3. The molecule has 1 rings (SSSR count). The minimum Gasteiger partial charge on any atom is -0.397 e. The van der Waals surface area contributed by atoms with E-state index in [1.165, 1.54) is 30.0 Å². The van der Waals surface area contributed by atoms with Crippen LogP contribution < -0.4 is 11.1 Å². The van der Waals surface area contributed by atoms with E-state index in [2.05, 4.69) is 5.32 Å². The number of aliphatic hydroxyl groups excluding tert-OH is 1. The minimum atomic E-state index is -0.435. The van der Waals surface area contributed by atoms with Gasteiger partial charge in [-0.1, -0.05) is 6.92 Å². The summed E-state index contributed by atoms with van der Waals surface area (Å²) in [4.78, 5) is 11.9. The largest absolute Gasteiger partial charge is 0.397 e. The van der Waals surface area contributed by atoms with Crippen molar-refractivity contribution < 1.29 is 14.3 Å². The molecule has 4 N–H and O–H groups in total. The van der Waals surface area contributed by atoms with E-state index < -0.39 is 5.82 Å². The van der Waals surface area contributed by atoms with E-state index in [0.717, 1.165) is 0 Å². The average Bonchev–Trinajstić information content (AvgIpc) is 2.38. The zero-order valence-electron chi connectivity index (χ0n) is 11.0. The number of nitrogens with one attached hydrogen (secondary N) is 1. The van der Waals surface area contributed by atoms with Crippen LogP contribution in [0.2, 0.25) is 0 Å². The highest BCUT2D eigenvalue weighted by Crippen LogP contribution is 2.21. The topological polar surface area (TPSA) is 75.3 Å². The van der Waals surface area contributed by atoms with Crippen molar-refractivity contribution in [2.24, 2.45) is 5.92 Å². The maximum atomic E-state index is 12.9. The standard InChI is InChI=1S/C13H19FN2O2S/c1-8(6-17)7-19-9(2)13(18)16-12-4-3-10(14)5-11(12)15/h3-5,8-9,17H,6-7,15H2,1-2H3,(H,16,18). The highest BCUT2D eigenvalue weighted by Gasteiger charge is 2.15. The molecule has 1 aromatic rings. The lowest BCUT2D eigenvalue weighted by molar-refractivity contribution is -0.115. The lowest BCUT2D eigenvalue weighted by atomic mass is 10.2. The van der Waals surface area contributed by atoms with Crippen LogP contribution >= 0.6 is 11.8 Å². The SMILES string of the molecule is CC(CO)CSC(C)C(=O)Nc1ccc(F)cc1N. The maximum absolute atomic E-state index is 12.9. The first-order chi connectivity index (χ1) is 8.93. The molecule has 0 aliphatic rings. The monoisotopic (exact) mass is 286 g/mol. The van der Waals surface area contributed by atoms with Gasteiger partial charge in [0.1, 0.15) is 5.82 Å². The zero-order chi connectivity index (χ0) is 14.4. The molecule has 2 unspecified atom stereocenters. The number of carbonyl (C=O) groups is 1. The highest BCUT2D eigenvalue weighted by atomic mass is 32.2. The number of hydrogen-bond donors (Lipinski definition) is 3. The summed E-state index contributed by atoms with van der Waals surface area (Å²) in [6.45, 7) is 3.80. The number of benzene rings is 1. The van der Waals surface area contributed by atoms with Crippen molar-refractivity contribution in [3.05, 3.63) is 24.0 Å². The number of rotatable bonds is 6. The van der Waals surface area contributed by atoms with E-state index >= 15 is 0 Å². The number of carbonyl (C=O) groups excluding carboxylic acids is 1. The van der Waals surface area contributed by atoms with Gasteiger partial charge < -0.3 is 16.2 Å². The van der Waals surface area contributed by atoms with E-state index in [9.17, 15) is 9.18 Å². The first-order valence-electron chi connectivity index (χ1n) is 6.02. The Morgan fingerprint density at radius 2 is 2.21 bits per heavy atom. The highest BCUT2D eigenvalue weighted by molar-refractivity contribution is 8.00. The van der Waals surface area contributed by atoms with Crippen molar-refractivity contribution in [2.45, 2.75) is 19.1 Å². The third-order valence-electron chi connectivity index (χ3n) is 2.58. The molecule has 1 amide bonds. The molecule has 106 valence electrons. The molecule has 0 spiro atoms. The second-order valence-corrected chi connectivity index (χ2v) is 5.86. The summed E-state index contributed by atoms with van der Waals surface area (Å²) in [6, 6.07) is 3.86. The van der Waals surface area contributed by atoms with E-state index in [0.29, 0.717) is 11.4 Å². The third kappa shape index (κ3) is 5.08. The summed E-state index contributed by atoms with van der Waals surface area (Å²) in [5.41, 5.74) is 6.23. The van der Waals surface area contributed by atoms with E-state index in [-0.39, 0.29) is 29.4 Å². The molecule has 0 aliphatic carbocycles. The summed E-state index contributed by atoms with van der Waals surface area (Å²) >= 11 is 1.46. The van der Waals surface area contributed by atoms with Crippen LogP contribution in [0.15, 0.2) is 18.2 Å². The number of halogens is 1. The molecule has 0 bridgehead atoms. The lowest BCUT2D eigenvalue weighted by Gasteiger charge is -2.15. The zero-order valence-corrected chi connectivity index (χ0v) is 11.8. The molecule has 1 aromatic carbocycles. The fourth-order valence-corrected chi connectivity index (χ4v) is 2.25. The van der Waals surface area contributed by atoms with Crippen LogP contribution in [0.25, 0.3) is 0 Å². The second-order valence-electron chi connectivity index (χ2n) is 4.48. The van der Waals surface area contributed by atoms with Crippen LogP contribution in [0.5, 0.6) is 0 Å². The number of nitrogens with two attached hydrogens (primary N) is 1. The van der Waals surface area contributed by atoms with E-state index in [1.54, 1.807) is 6.92 Å². The molecule has 0 aromatic heterocycles. The summed E-state index contributed by atoms with van der Waals surface area (Å²) in [5.74, 6) is 0.226. The van der Waals surface area contributed by atoms with Crippen LogP contribution in [0.1, 0.15) is 13.8 Å². The quantitative estimate of drug-likeness (QED) is 0.700. The van der Waals surface area contributed by atoms with Crippen molar-refractivity contribution >= 4 is 29.0 Å². The third-order valence-corrected chi connectivity index (χ3v) is 4.06. The number of aliphatic hydroxyl groups is 1. The molecule has 4 nitrogen and oxygen atoms in total. The summed E-state index contributed by atoms with van der Waals surface area (Å²) in [7, 11) is 0. The number of anilines is 2. The van der Waals surface area contributed by atoms with Crippen molar-refractivity contribution in [3.63, 3.8) is 0 Å². The first-order valence-corrected chi connectivity index (χ1v) is 7.07. The number of nitrogen functional groups attached to an aromatic ring is 1. The van der Waals surface area contributed by atoms with Crippen molar-refractivity contribution in [3.8, 4) is 0 Å². The van der Waals surface area contributed by atoms with Gasteiger partial charge >= 0.3 is 0 Å².